The molecular weight excluding hydrogens is 286 g/mol. The van der Waals surface area contributed by atoms with E-state index < -0.39 is 0 Å². The average molecular weight is 305 g/mol. The van der Waals surface area contributed by atoms with Crippen LogP contribution in [0.4, 0.5) is 0 Å². The van der Waals surface area contributed by atoms with Crippen LogP contribution < -0.4 is 0 Å². The number of aliphatic hydroxyl groups excluding tert-OH is 2. The highest BCUT2D eigenvalue weighted by Gasteiger charge is 2.26. The van der Waals surface area contributed by atoms with Gasteiger partial charge in [-0.3, -0.25) is 0 Å². The Kier molecular flexibility index (Phi) is 3.52. The van der Waals surface area contributed by atoms with Crippen molar-refractivity contribution < 1.29 is 10.2 Å². The summed E-state index contributed by atoms with van der Waals surface area (Å²) in [5, 5.41) is 19.8. The van der Waals surface area contributed by atoms with Crippen LogP contribution in [0.3, 0.4) is 0 Å². The fourth-order valence-electron chi connectivity index (χ4n) is 3.67. The molecule has 116 valence electrons. The van der Waals surface area contributed by atoms with Gasteiger partial charge >= 0.3 is 0 Å². The van der Waals surface area contributed by atoms with E-state index in [-0.39, 0.29) is 13.2 Å². The predicted molar refractivity (Wildman–Crippen MR) is 90.1 cm³/mol. The molecule has 1 aliphatic rings. The van der Waals surface area contributed by atoms with Crippen LogP contribution in [-0.2, 0) is 26.2 Å². The minimum Gasteiger partial charge on any atom is -0.392 e. The molecule has 0 aliphatic carbocycles. The van der Waals surface area contributed by atoms with E-state index in [1.54, 1.807) is 0 Å². The van der Waals surface area contributed by atoms with E-state index in [1.807, 2.05) is 18.2 Å². The quantitative estimate of drug-likeness (QED) is 0.611. The molecule has 2 N–H and O–H groups in total. The van der Waals surface area contributed by atoms with Crippen molar-refractivity contribution in [3.05, 3.63) is 82.5 Å². The summed E-state index contributed by atoms with van der Waals surface area (Å²) in [4.78, 5) is 0. The summed E-state index contributed by atoms with van der Waals surface area (Å²) in [6.45, 7) is 0.680. The first-order valence-corrected chi connectivity index (χ1v) is 7.90. The van der Waals surface area contributed by atoms with Gasteiger partial charge in [-0.2, -0.15) is 0 Å². The third-order valence-electron chi connectivity index (χ3n) is 4.76. The minimum absolute atomic E-state index is 0.0414. The lowest BCUT2D eigenvalue weighted by atomic mass is 9.97. The lowest BCUT2D eigenvalue weighted by Crippen LogP contribution is -2.15. The molecule has 0 unspecified atom stereocenters. The third kappa shape index (κ3) is 2.21. The van der Waals surface area contributed by atoms with Crippen LogP contribution in [0.25, 0.3) is 11.3 Å². The zero-order valence-corrected chi connectivity index (χ0v) is 12.9. The van der Waals surface area contributed by atoms with E-state index >= 15 is 0 Å². The van der Waals surface area contributed by atoms with Crippen molar-refractivity contribution in [2.45, 2.75) is 26.2 Å². The largest absolute Gasteiger partial charge is 0.392 e. The Bertz CT molecular complexity index is 850. The first-order valence-electron chi connectivity index (χ1n) is 7.90. The molecule has 0 saturated heterocycles. The maximum Gasteiger partial charge on any atom is 0.0706 e. The summed E-state index contributed by atoms with van der Waals surface area (Å²) in [5.74, 6) is 0. The van der Waals surface area contributed by atoms with Crippen LogP contribution in [0.15, 0.2) is 54.6 Å². The second-order valence-electron chi connectivity index (χ2n) is 5.97. The fourth-order valence-corrected chi connectivity index (χ4v) is 3.67. The van der Waals surface area contributed by atoms with Crippen LogP contribution in [0.1, 0.15) is 27.9 Å². The number of fused-ring (bicyclic) bond motifs is 2. The molecule has 3 nitrogen and oxygen atoms in total. The third-order valence-corrected chi connectivity index (χ3v) is 4.76. The van der Waals surface area contributed by atoms with Crippen molar-refractivity contribution in [3.63, 3.8) is 0 Å². The van der Waals surface area contributed by atoms with E-state index in [2.05, 4.69) is 41.0 Å². The van der Waals surface area contributed by atoms with E-state index in [4.69, 9.17) is 0 Å². The summed E-state index contributed by atoms with van der Waals surface area (Å²) in [7, 11) is 0. The van der Waals surface area contributed by atoms with Gasteiger partial charge in [0.15, 0.2) is 0 Å². The number of aliphatic hydroxyl groups is 2. The second kappa shape index (κ2) is 5.69. The minimum atomic E-state index is -0.0591. The molecule has 4 rings (SSSR count). The predicted octanol–water partition coefficient (Wildman–Crippen LogP) is 3.09. The maximum absolute atomic E-state index is 9.93. The highest BCUT2D eigenvalue weighted by molar-refractivity contribution is 5.68. The summed E-state index contributed by atoms with van der Waals surface area (Å²) in [6.07, 6.45) is 0.798. The Morgan fingerprint density at radius 2 is 1.43 bits per heavy atom. The molecule has 3 aromatic rings. The van der Waals surface area contributed by atoms with E-state index in [0.717, 1.165) is 41.0 Å². The Balaban J connectivity index is 1.96. The topological polar surface area (TPSA) is 45.4 Å². The highest BCUT2D eigenvalue weighted by Crippen LogP contribution is 2.37. The zero-order valence-electron chi connectivity index (χ0n) is 12.9. The van der Waals surface area contributed by atoms with Gasteiger partial charge in [0.1, 0.15) is 0 Å². The first-order chi connectivity index (χ1) is 11.3. The molecule has 2 heterocycles. The molecule has 1 aliphatic heterocycles. The summed E-state index contributed by atoms with van der Waals surface area (Å²) >= 11 is 0. The van der Waals surface area contributed by atoms with Gasteiger partial charge in [-0.15, -0.1) is 0 Å². The SMILES string of the molecule is OCc1c(CO)c(-c2ccccc2)n2c1Cc1ccccc1C2. The number of hydrogen-bond acceptors (Lipinski definition) is 2. The van der Waals surface area contributed by atoms with Gasteiger partial charge in [0, 0.05) is 29.8 Å². The average Bonchev–Trinajstić information content (AvgIpc) is 2.92. The van der Waals surface area contributed by atoms with Gasteiger partial charge in [0.25, 0.3) is 0 Å². The van der Waals surface area contributed by atoms with Crippen LogP contribution in [0.2, 0.25) is 0 Å². The Labute approximate surface area is 135 Å². The normalized spacial score (nSPS) is 12.8. The van der Waals surface area contributed by atoms with Gasteiger partial charge in [0.05, 0.1) is 18.9 Å². The van der Waals surface area contributed by atoms with Gasteiger partial charge in [0.2, 0.25) is 0 Å². The van der Waals surface area contributed by atoms with E-state index in [1.165, 1.54) is 11.1 Å². The fraction of sp³-hybridized carbons (Fsp3) is 0.200. The second-order valence-corrected chi connectivity index (χ2v) is 5.97. The van der Waals surface area contributed by atoms with Crippen molar-refractivity contribution in [1.29, 1.82) is 0 Å². The molecule has 1 aromatic heterocycles. The maximum atomic E-state index is 9.93. The van der Waals surface area contributed by atoms with Crippen LogP contribution in [0, 0.1) is 0 Å². The zero-order chi connectivity index (χ0) is 15.8. The highest BCUT2D eigenvalue weighted by atomic mass is 16.3. The Hall–Kier alpha value is -2.36. The molecule has 0 bridgehead atoms. The Morgan fingerprint density at radius 3 is 2.13 bits per heavy atom. The number of benzene rings is 2. The van der Waals surface area contributed by atoms with Gasteiger partial charge in [-0.1, -0.05) is 54.6 Å². The summed E-state index contributed by atoms with van der Waals surface area (Å²) < 4.78 is 2.26. The lowest BCUT2D eigenvalue weighted by Gasteiger charge is -2.22. The van der Waals surface area contributed by atoms with Crippen molar-refractivity contribution >= 4 is 0 Å². The van der Waals surface area contributed by atoms with Crippen molar-refractivity contribution in [2.75, 3.05) is 0 Å². The van der Waals surface area contributed by atoms with Crippen molar-refractivity contribution in [2.24, 2.45) is 0 Å². The number of nitrogens with zero attached hydrogens (tertiary/aromatic N) is 1. The lowest BCUT2D eigenvalue weighted by molar-refractivity contribution is 0.260. The molecule has 0 radical (unpaired) electrons. The van der Waals surface area contributed by atoms with Crippen molar-refractivity contribution in [3.8, 4) is 11.3 Å². The summed E-state index contributed by atoms with van der Waals surface area (Å²) in [6, 6.07) is 18.5. The van der Waals surface area contributed by atoms with E-state index in [9.17, 15) is 10.2 Å². The number of rotatable bonds is 3. The molecule has 0 spiro atoms. The monoisotopic (exact) mass is 305 g/mol. The number of hydrogen-bond donors (Lipinski definition) is 2. The molecule has 0 atom stereocenters. The standard InChI is InChI=1S/C20H19NO2/c22-12-17-18(13-23)20(14-6-2-1-3-7-14)21-11-16-9-5-4-8-15(16)10-19(17)21/h1-9,22-23H,10-13H2. The molecule has 3 heteroatoms. The molecule has 2 aromatic carbocycles. The van der Waals surface area contributed by atoms with Crippen LogP contribution in [0.5, 0.6) is 0 Å². The molecule has 0 saturated carbocycles. The van der Waals surface area contributed by atoms with Gasteiger partial charge in [-0.25, -0.2) is 0 Å². The van der Waals surface area contributed by atoms with Gasteiger partial charge in [-0.05, 0) is 16.7 Å². The first kappa shape index (κ1) is 14.2. The van der Waals surface area contributed by atoms with Gasteiger partial charge < -0.3 is 14.8 Å². The van der Waals surface area contributed by atoms with E-state index in [0.29, 0.717) is 0 Å². The molecule has 0 amide bonds. The van der Waals surface area contributed by atoms with Crippen LogP contribution in [-0.4, -0.2) is 14.8 Å². The summed E-state index contributed by atoms with van der Waals surface area (Å²) in [5.41, 5.74) is 7.56. The van der Waals surface area contributed by atoms with Crippen LogP contribution >= 0.6 is 0 Å². The smallest absolute Gasteiger partial charge is 0.0706 e. The Morgan fingerprint density at radius 1 is 0.783 bits per heavy atom. The molecule has 23 heavy (non-hydrogen) atoms. The number of aromatic nitrogens is 1. The molecular formula is C20H19NO2. The molecule has 0 fully saturated rings. The van der Waals surface area contributed by atoms with Crippen molar-refractivity contribution in [1.82, 2.24) is 4.57 Å².